The summed E-state index contributed by atoms with van der Waals surface area (Å²) in [5.74, 6) is -1.50. The fourth-order valence-corrected chi connectivity index (χ4v) is 5.88. The van der Waals surface area contributed by atoms with E-state index in [1.165, 1.54) is 24.3 Å². The number of hydrogen-bond acceptors (Lipinski definition) is 6. The van der Waals surface area contributed by atoms with E-state index < -0.39 is 27.9 Å². The Labute approximate surface area is 208 Å². The molecule has 1 aliphatic heterocycles. The molecule has 36 heavy (non-hydrogen) atoms. The first kappa shape index (κ1) is 23.9. The van der Waals surface area contributed by atoms with Crippen molar-refractivity contribution in [3.63, 3.8) is 0 Å². The molecule has 0 radical (unpaired) electrons. The van der Waals surface area contributed by atoms with Crippen molar-refractivity contribution in [3.05, 3.63) is 71.8 Å². The summed E-state index contributed by atoms with van der Waals surface area (Å²) < 4.78 is 28.5. The number of rotatable bonds is 4. The van der Waals surface area contributed by atoms with E-state index in [2.05, 4.69) is 4.72 Å². The predicted molar refractivity (Wildman–Crippen MR) is 133 cm³/mol. The van der Waals surface area contributed by atoms with Gasteiger partial charge in [0.25, 0.3) is 21.8 Å². The molecule has 1 atom stereocenters. The molecule has 0 bridgehead atoms. The van der Waals surface area contributed by atoms with Crippen LogP contribution >= 0.6 is 0 Å². The number of anilines is 1. The molecule has 0 aromatic heterocycles. The molecular formula is C27H24N2O6S. The number of sulfonamides is 1. The lowest BCUT2D eigenvalue weighted by molar-refractivity contribution is -0.123. The minimum absolute atomic E-state index is 0.0108. The first-order valence-electron chi connectivity index (χ1n) is 11.8. The van der Waals surface area contributed by atoms with Crippen LogP contribution in [0.25, 0.3) is 10.8 Å². The first-order valence-corrected chi connectivity index (χ1v) is 13.3. The number of nitrogens with one attached hydrogen (secondary N) is 1. The first-order chi connectivity index (χ1) is 17.2. The molecule has 0 saturated heterocycles. The minimum atomic E-state index is -3.97. The molecule has 1 heterocycles. The summed E-state index contributed by atoms with van der Waals surface area (Å²) in [6.07, 6.45) is 1.96. The number of Topliss-reactive ketones (excluding diaryl/α,β-unsaturated/α-hetero) is 2. The Bertz CT molecular complexity index is 1530. The number of fused-ring (bicyclic) bond motifs is 2. The average Bonchev–Trinajstić information content (AvgIpc) is 3.14. The summed E-state index contributed by atoms with van der Waals surface area (Å²) >= 11 is 0. The van der Waals surface area contributed by atoms with E-state index in [9.17, 15) is 27.6 Å². The van der Waals surface area contributed by atoms with Crippen LogP contribution in [0.5, 0.6) is 0 Å². The molecule has 1 N–H and O–H groups in total. The van der Waals surface area contributed by atoms with Crippen molar-refractivity contribution in [2.24, 2.45) is 0 Å². The maximum absolute atomic E-state index is 13.2. The third-order valence-electron chi connectivity index (χ3n) is 6.71. The van der Waals surface area contributed by atoms with Crippen LogP contribution in [0.4, 0.5) is 5.69 Å². The zero-order valence-corrected chi connectivity index (χ0v) is 20.2. The number of imide groups is 1. The average molecular weight is 505 g/mol. The van der Waals surface area contributed by atoms with Gasteiger partial charge in [-0.1, -0.05) is 30.3 Å². The van der Waals surface area contributed by atoms with Crippen LogP contribution in [0.2, 0.25) is 0 Å². The van der Waals surface area contributed by atoms with Crippen LogP contribution in [-0.2, 0) is 19.6 Å². The van der Waals surface area contributed by atoms with Crippen LogP contribution in [-0.4, -0.2) is 42.7 Å². The second-order valence-corrected chi connectivity index (χ2v) is 10.8. The molecule has 1 fully saturated rings. The quantitative estimate of drug-likeness (QED) is 0.535. The van der Waals surface area contributed by atoms with Crippen molar-refractivity contribution < 1.29 is 27.6 Å². The Hall–Kier alpha value is -3.85. The van der Waals surface area contributed by atoms with Crippen molar-refractivity contribution in [2.45, 2.75) is 49.5 Å². The van der Waals surface area contributed by atoms with E-state index in [1.54, 1.807) is 12.1 Å². The maximum atomic E-state index is 13.2. The van der Waals surface area contributed by atoms with Gasteiger partial charge in [0.15, 0.2) is 5.78 Å². The molecule has 2 amide bonds. The highest BCUT2D eigenvalue weighted by Crippen LogP contribution is 2.31. The Kier molecular flexibility index (Phi) is 6.17. The van der Waals surface area contributed by atoms with Crippen molar-refractivity contribution in [3.8, 4) is 0 Å². The van der Waals surface area contributed by atoms with Crippen LogP contribution in [0.3, 0.4) is 0 Å². The molecule has 9 heteroatoms. The fourth-order valence-electron chi connectivity index (χ4n) is 4.80. The second kappa shape index (κ2) is 9.31. The number of carbonyl (C=O) groups excluding carboxylic acids is 4. The van der Waals surface area contributed by atoms with Crippen LogP contribution in [0.15, 0.2) is 65.6 Å². The molecule has 3 aromatic rings. The van der Waals surface area contributed by atoms with Gasteiger partial charge >= 0.3 is 0 Å². The third kappa shape index (κ3) is 4.42. The summed E-state index contributed by atoms with van der Waals surface area (Å²) in [5, 5.41) is 1.67. The van der Waals surface area contributed by atoms with Gasteiger partial charge in [-0.3, -0.25) is 28.8 Å². The zero-order chi connectivity index (χ0) is 25.4. The predicted octanol–water partition coefficient (Wildman–Crippen LogP) is 4.10. The summed E-state index contributed by atoms with van der Waals surface area (Å²) in [6, 6.07) is 15.3. The van der Waals surface area contributed by atoms with Gasteiger partial charge in [-0.2, -0.15) is 0 Å². The normalized spacial score (nSPS) is 19.1. The van der Waals surface area contributed by atoms with Crippen molar-refractivity contribution in [2.75, 3.05) is 4.72 Å². The van der Waals surface area contributed by atoms with Crippen LogP contribution < -0.4 is 4.72 Å². The molecule has 1 aliphatic carbocycles. The number of carbonyl (C=O) groups is 4. The Morgan fingerprint density at radius 1 is 0.750 bits per heavy atom. The van der Waals surface area contributed by atoms with Gasteiger partial charge in [0.2, 0.25) is 0 Å². The SMILES string of the molecule is O=C1CCCCC(=O)C(N2C(=O)c3ccc(NS(=O)(=O)c4ccc5ccccc5c4)cc3C2=O)CC1. The molecule has 0 spiro atoms. The Morgan fingerprint density at radius 2 is 1.47 bits per heavy atom. The van der Waals surface area contributed by atoms with E-state index in [0.29, 0.717) is 19.3 Å². The highest BCUT2D eigenvalue weighted by atomic mass is 32.2. The van der Waals surface area contributed by atoms with Gasteiger partial charge in [0, 0.05) is 24.9 Å². The Morgan fingerprint density at radius 3 is 2.28 bits per heavy atom. The monoisotopic (exact) mass is 504 g/mol. The van der Waals surface area contributed by atoms with Gasteiger partial charge in [0.05, 0.1) is 22.1 Å². The fraction of sp³-hybridized carbons (Fsp3) is 0.259. The van der Waals surface area contributed by atoms with E-state index in [4.69, 9.17) is 0 Å². The largest absolute Gasteiger partial charge is 0.300 e. The number of hydrogen-bond donors (Lipinski definition) is 1. The summed E-state index contributed by atoms with van der Waals surface area (Å²) in [4.78, 5) is 52.2. The molecule has 1 unspecified atom stereocenters. The standard InChI is InChI=1S/C27H24N2O6S/c30-20-7-3-4-8-25(31)24(14-11-20)29-26(32)22-13-10-19(16-23(22)27(29)33)28-36(34,35)21-12-9-17-5-1-2-6-18(17)15-21/h1-2,5-6,9-10,12-13,15-16,24,28H,3-4,7-8,11,14H2. The van der Waals surface area contributed by atoms with E-state index in [0.717, 1.165) is 15.7 Å². The lowest BCUT2D eigenvalue weighted by Gasteiger charge is -2.24. The van der Waals surface area contributed by atoms with Crippen molar-refractivity contribution in [1.29, 1.82) is 0 Å². The minimum Gasteiger partial charge on any atom is -0.300 e. The maximum Gasteiger partial charge on any atom is 0.262 e. The molecule has 1 saturated carbocycles. The number of amides is 2. The van der Waals surface area contributed by atoms with Crippen LogP contribution in [0, 0.1) is 0 Å². The molecule has 8 nitrogen and oxygen atoms in total. The van der Waals surface area contributed by atoms with Crippen molar-refractivity contribution >= 4 is 49.9 Å². The summed E-state index contributed by atoms with van der Waals surface area (Å²) in [5.41, 5.74) is 0.256. The number of benzene rings is 3. The molecular weight excluding hydrogens is 480 g/mol. The smallest absolute Gasteiger partial charge is 0.262 e. The molecule has 184 valence electrons. The van der Waals surface area contributed by atoms with Gasteiger partial charge in [-0.05, 0) is 60.4 Å². The summed E-state index contributed by atoms with van der Waals surface area (Å²) in [6.45, 7) is 0. The molecule has 3 aromatic carbocycles. The van der Waals surface area contributed by atoms with E-state index >= 15 is 0 Å². The topological polar surface area (TPSA) is 118 Å². The molecule has 2 aliphatic rings. The molecule has 5 rings (SSSR count). The van der Waals surface area contributed by atoms with Crippen LogP contribution in [0.1, 0.15) is 59.2 Å². The van der Waals surface area contributed by atoms with E-state index in [-0.39, 0.29) is 52.5 Å². The summed E-state index contributed by atoms with van der Waals surface area (Å²) in [7, 11) is -3.97. The third-order valence-corrected chi connectivity index (χ3v) is 8.09. The highest BCUT2D eigenvalue weighted by molar-refractivity contribution is 7.92. The van der Waals surface area contributed by atoms with Gasteiger partial charge in [-0.15, -0.1) is 0 Å². The highest BCUT2D eigenvalue weighted by Gasteiger charge is 2.42. The lowest BCUT2D eigenvalue weighted by Crippen LogP contribution is -2.45. The zero-order valence-electron chi connectivity index (χ0n) is 19.4. The number of nitrogens with zero attached hydrogens (tertiary/aromatic N) is 1. The Balaban J connectivity index is 1.42. The second-order valence-electron chi connectivity index (χ2n) is 9.12. The lowest BCUT2D eigenvalue weighted by atomic mass is 10.0. The van der Waals surface area contributed by atoms with Gasteiger partial charge in [-0.25, -0.2) is 8.42 Å². The van der Waals surface area contributed by atoms with Gasteiger partial charge in [0.1, 0.15) is 5.78 Å². The van der Waals surface area contributed by atoms with Gasteiger partial charge < -0.3 is 0 Å². The van der Waals surface area contributed by atoms with Crippen molar-refractivity contribution in [1.82, 2.24) is 4.90 Å². The van der Waals surface area contributed by atoms with E-state index in [1.807, 2.05) is 24.3 Å². The number of ketones is 2.